The van der Waals surface area contributed by atoms with E-state index in [0.717, 1.165) is 19.4 Å². The van der Waals surface area contributed by atoms with Gasteiger partial charge < -0.3 is 14.9 Å². The van der Waals surface area contributed by atoms with Gasteiger partial charge in [0.05, 0.1) is 6.54 Å². The van der Waals surface area contributed by atoms with Crippen LogP contribution in [-0.2, 0) is 9.59 Å². The highest BCUT2D eigenvalue weighted by Crippen LogP contribution is 2.15. The average Bonchev–Trinajstić information content (AvgIpc) is 2.28. The van der Waals surface area contributed by atoms with Crippen molar-refractivity contribution in [3.05, 3.63) is 0 Å². The Bertz CT molecular complexity index is 268. The molecule has 1 fully saturated rings. The molecule has 1 heterocycles. The van der Waals surface area contributed by atoms with Crippen molar-refractivity contribution in [1.82, 2.24) is 9.80 Å². The van der Waals surface area contributed by atoms with E-state index >= 15 is 0 Å². The summed E-state index contributed by atoms with van der Waals surface area (Å²) in [6, 6.07) is 0. The van der Waals surface area contributed by atoms with E-state index in [0.29, 0.717) is 6.54 Å². The Morgan fingerprint density at radius 2 is 2.19 bits per heavy atom. The second kappa shape index (κ2) is 5.84. The number of likely N-dealkylation sites (tertiary alicyclic amines) is 1. The molecule has 1 saturated heterocycles. The molecule has 0 bridgehead atoms. The summed E-state index contributed by atoms with van der Waals surface area (Å²) in [6.45, 7) is 3.06. The lowest BCUT2D eigenvalue weighted by molar-refractivity contribution is -0.139. The zero-order chi connectivity index (χ0) is 12.1. The molecular weight excluding hydrogens is 208 g/mol. The summed E-state index contributed by atoms with van der Waals surface area (Å²) in [6.07, 6.45) is 1.91. The highest BCUT2D eigenvalue weighted by atomic mass is 16.3. The van der Waals surface area contributed by atoms with Gasteiger partial charge in [-0.1, -0.05) is 0 Å². The molecule has 0 aromatic heterocycles. The van der Waals surface area contributed by atoms with Gasteiger partial charge in [-0.2, -0.15) is 0 Å². The number of aliphatic hydroxyl groups is 1. The smallest absolute Gasteiger partial charge is 0.242 e. The third-order valence-corrected chi connectivity index (χ3v) is 3.04. The van der Waals surface area contributed by atoms with Gasteiger partial charge in [0.1, 0.15) is 0 Å². The van der Waals surface area contributed by atoms with Crippen LogP contribution in [0, 0.1) is 5.92 Å². The van der Waals surface area contributed by atoms with Gasteiger partial charge in [0.25, 0.3) is 0 Å². The van der Waals surface area contributed by atoms with Crippen LogP contribution in [0.4, 0.5) is 0 Å². The Kier molecular flexibility index (Phi) is 4.73. The molecule has 16 heavy (non-hydrogen) atoms. The van der Waals surface area contributed by atoms with Crippen LogP contribution in [0.3, 0.4) is 0 Å². The predicted octanol–water partition coefficient (Wildman–Crippen LogP) is -0.304. The van der Waals surface area contributed by atoms with E-state index in [-0.39, 0.29) is 30.9 Å². The monoisotopic (exact) mass is 228 g/mol. The number of carbonyl (C=O) groups is 2. The van der Waals surface area contributed by atoms with Crippen LogP contribution >= 0.6 is 0 Å². The van der Waals surface area contributed by atoms with Crippen molar-refractivity contribution in [3.8, 4) is 0 Å². The standard InChI is InChI=1S/C11H20N2O3/c1-9(15)12(2)7-11(16)13-5-3-4-10(6-13)8-14/h10,14H,3-8H2,1-2H3. The number of hydrogen-bond acceptors (Lipinski definition) is 3. The maximum Gasteiger partial charge on any atom is 0.242 e. The van der Waals surface area contributed by atoms with Gasteiger partial charge in [-0.05, 0) is 18.8 Å². The van der Waals surface area contributed by atoms with Crippen LogP contribution in [0.1, 0.15) is 19.8 Å². The van der Waals surface area contributed by atoms with E-state index in [9.17, 15) is 9.59 Å². The molecule has 1 rings (SSSR count). The Labute approximate surface area is 96.0 Å². The number of carbonyl (C=O) groups excluding carboxylic acids is 2. The molecule has 0 spiro atoms. The zero-order valence-corrected chi connectivity index (χ0v) is 9.98. The molecule has 0 aromatic carbocycles. The van der Waals surface area contributed by atoms with Crippen LogP contribution < -0.4 is 0 Å². The van der Waals surface area contributed by atoms with Gasteiger partial charge in [-0.3, -0.25) is 9.59 Å². The molecule has 0 aliphatic carbocycles. The normalized spacial score (nSPS) is 20.7. The van der Waals surface area contributed by atoms with Crippen LogP contribution in [0.25, 0.3) is 0 Å². The van der Waals surface area contributed by atoms with Gasteiger partial charge in [0, 0.05) is 33.7 Å². The number of hydrogen-bond donors (Lipinski definition) is 1. The number of likely N-dealkylation sites (N-methyl/N-ethyl adjacent to an activating group) is 1. The first-order valence-corrected chi connectivity index (χ1v) is 5.65. The van der Waals surface area contributed by atoms with E-state index in [4.69, 9.17) is 5.11 Å². The molecule has 0 radical (unpaired) electrons. The largest absolute Gasteiger partial charge is 0.396 e. The van der Waals surface area contributed by atoms with Crippen LogP contribution in [0.2, 0.25) is 0 Å². The van der Waals surface area contributed by atoms with Crippen molar-refractivity contribution in [3.63, 3.8) is 0 Å². The van der Waals surface area contributed by atoms with E-state index in [1.54, 1.807) is 11.9 Å². The van der Waals surface area contributed by atoms with Gasteiger partial charge in [-0.25, -0.2) is 0 Å². The minimum atomic E-state index is -0.107. The van der Waals surface area contributed by atoms with E-state index in [2.05, 4.69) is 0 Å². The fourth-order valence-corrected chi connectivity index (χ4v) is 1.85. The summed E-state index contributed by atoms with van der Waals surface area (Å²) in [5, 5.41) is 9.06. The highest BCUT2D eigenvalue weighted by Gasteiger charge is 2.23. The molecule has 0 saturated carbocycles. The SMILES string of the molecule is CC(=O)N(C)CC(=O)N1CCCC(CO)C1. The van der Waals surface area contributed by atoms with Crippen molar-refractivity contribution in [2.45, 2.75) is 19.8 Å². The topological polar surface area (TPSA) is 60.9 Å². The number of rotatable bonds is 3. The first kappa shape index (κ1) is 13.0. The lowest BCUT2D eigenvalue weighted by Crippen LogP contribution is -2.45. The molecule has 5 nitrogen and oxygen atoms in total. The molecule has 2 amide bonds. The number of piperidine rings is 1. The Morgan fingerprint density at radius 1 is 1.50 bits per heavy atom. The minimum absolute atomic E-state index is 0.0316. The molecule has 1 unspecified atom stereocenters. The quantitative estimate of drug-likeness (QED) is 0.721. The van der Waals surface area contributed by atoms with Gasteiger partial charge in [-0.15, -0.1) is 0 Å². The van der Waals surface area contributed by atoms with Crippen LogP contribution in [0.5, 0.6) is 0 Å². The minimum Gasteiger partial charge on any atom is -0.396 e. The maximum absolute atomic E-state index is 11.8. The lowest BCUT2D eigenvalue weighted by Gasteiger charge is -2.32. The average molecular weight is 228 g/mol. The van der Waals surface area contributed by atoms with E-state index in [1.165, 1.54) is 11.8 Å². The Hall–Kier alpha value is -1.10. The zero-order valence-electron chi connectivity index (χ0n) is 9.98. The highest BCUT2D eigenvalue weighted by molar-refractivity contribution is 5.83. The summed E-state index contributed by atoms with van der Waals surface area (Å²) >= 11 is 0. The van der Waals surface area contributed by atoms with Crippen molar-refractivity contribution in [2.75, 3.05) is 33.3 Å². The van der Waals surface area contributed by atoms with Gasteiger partial charge >= 0.3 is 0 Å². The molecule has 1 atom stereocenters. The first-order valence-electron chi connectivity index (χ1n) is 5.65. The third-order valence-electron chi connectivity index (χ3n) is 3.04. The number of amides is 2. The van der Waals surface area contributed by atoms with E-state index in [1.807, 2.05) is 0 Å². The molecule has 1 aliphatic rings. The van der Waals surface area contributed by atoms with Crippen molar-refractivity contribution >= 4 is 11.8 Å². The van der Waals surface area contributed by atoms with Crippen LogP contribution in [-0.4, -0.2) is 60.0 Å². The molecule has 1 aliphatic heterocycles. The maximum atomic E-state index is 11.8. The lowest BCUT2D eigenvalue weighted by atomic mass is 9.99. The third kappa shape index (κ3) is 3.48. The second-order valence-electron chi connectivity index (χ2n) is 4.41. The van der Waals surface area contributed by atoms with Crippen LogP contribution in [0.15, 0.2) is 0 Å². The van der Waals surface area contributed by atoms with Crippen molar-refractivity contribution in [2.24, 2.45) is 5.92 Å². The van der Waals surface area contributed by atoms with Gasteiger partial charge in [0.15, 0.2) is 0 Å². The summed E-state index contributed by atoms with van der Waals surface area (Å²) in [4.78, 5) is 26.0. The van der Waals surface area contributed by atoms with Gasteiger partial charge in [0.2, 0.25) is 11.8 Å². The molecular formula is C11H20N2O3. The predicted molar refractivity (Wildman–Crippen MR) is 59.7 cm³/mol. The summed E-state index contributed by atoms with van der Waals surface area (Å²) in [5.74, 6) is 0.0558. The second-order valence-corrected chi connectivity index (χ2v) is 4.41. The number of nitrogens with zero attached hydrogens (tertiary/aromatic N) is 2. The van der Waals surface area contributed by atoms with Crippen molar-refractivity contribution < 1.29 is 14.7 Å². The summed E-state index contributed by atoms with van der Waals surface area (Å²) < 4.78 is 0. The Morgan fingerprint density at radius 3 is 2.75 bits per heavy atom. The fourth-order valence-electron chi connectivity index (χ4n) is 1.85. The molecule has 1 N–H and O–H groups in total. The van der Waals surface area contributed by atoms with Crippen molar-refractivity contribution in [1.29, 1.82) is 0 Å². The summed E-state index contributed by atoms with van der Waals surface area (Å²) in [7, 11) is 1.62. The molecule has 0 aromatic rings. The number of aliphatic hydroxyl groups excluding tert-OH is 1. The Balaban J connectivity index is 2.44. The molecule has 92 valence electrons. The molecule has 5 heteroatoms. The van der Waals surface area contributed by atoms with E-state index < -0.39 is 0 Å². The summed E-state index contributed by atoms with van der Waals surface area (Å²) in [5.41, 5.74) is 0. The fraction of sp³-hybridized carbons (Fsp3) is 0.818. The first-order chi connectivity index (χ1) is 7.54.